The third-order valence-corrected chi connectivity index (χ3v) is 4.61. The second-order valence-corrected chi connectivity index (χ2v) is 5.97. The van der Waals surface area contributed by atoms with Crippen molar-refractivity contribution < 1.29 is 9.50 Å². The van der Waals surface area contributed by atoms with E-state index in [1.807, 2.05) is 19.9 Å². The lowest BCUT2D eigenvalue weighted by Crippen LogP contribution is -2.39. The van der Waals surface area contributed by atoms with Gasteiger partial charge >= 0.3 is 0 Å². The molecule has 1 heterocycles. The highest BCUT2D eigenvalue weighted by atomic mass is 19.1. The fraction of sp³-hybridized carbons (Fsp3) is 0.647. The van der Waals surface area contributed by atoms with Crippen molar-refractivity contribution in [3.8, 4) is 0 Å². The molecule has 1 saturated heterocycles. The Morgan fingerprint density at radius 1 is 1.24 bits per heavy atom. The summed E-state index contributed by atoms with van der Waals surface area (Å²) in [5, 5.41) is 13.5. The molecular weight excluding hydrogens is 267 g/mol. The van der Waals surface area contributed by atoms with E-state index in [0.717, 1.165) is 18.8 Å². The molecule has 3 nitrogen and oxygen atoms in total. The number of nitrogens with one attached hydrogen (secondary N) is 1. The molecule has 2 N–H and O–H groups in total. The van der Waals surface area contributed by atoms with Gasteiger partial charge in [-0.25, -0.2) is 4.39 Å². The third-order valence-electron chi connectivity index (χ3n) is 4.61. The van der Waals surface area contributed by atoms with Gasteiger partial charge in [0, 0.05) is 37.4 Å². The van der Waals surface area contributed by atoms with Gasteiger partial charge in [0.2, 0.25) is 0 Å². The van der Waals surface area contributed by atoms with Crippen LogP contribution in [0.2, 0.25) is 0 Å². The van der Waals surface area contributed by atoms with E-state index in [-0.39, 0.29) is 5.82 Å². The Labute approximate surface area is 127 Å². The van der Waals surface area contributed by atoms with Gasteiger partial charge in [0.1, 0.15) is 5.82 Å². The third kappa shape index (κ3) is 3.95. The molecule has 0 bridgehead atoms. The number of hydrogen-bond acceptors (Lipinski definition) is 3. The van der Waals surface area contributed by atoms with Crippen molar-refractivity contribution in [1.29, 1.82) is 0 Å². The number of rotatable bonds is 7. The number of nitrogens with zero attached hydrogens (tertiary/aromatic N) is 1. The molecule has 0 aromatic heterocycles. The van der Waals surface area contributed by atoms with Crippen molar-refractivity contribution in [3.63, 3.8) is 0 Å². The summed E-state index contributed by atoms with van der Waals surface area (Å²) in [6, 6.07) is 5.29. The fourth-order valence-electron chi connectivity index (χ4n) is 2.90. The Kier molecular flexibility index (Phi) is 5.59. The van der Waals surface area contributed by atoms with Crippen LogP contribution in [0.15, 0.2) is 18.2 Å². The highest BCUT2D eigenvalue weighted by Crippen LogP contribution is 2.26. The highest BCUT2D eigenvalue weighted by Gasteiger charge is 2.22. The monoisotopic (exact) mass is 294 g/mol. The van der Waals surface area contributed by atoms with Crippen molar-refractivity contribution in [3.05, 3.63) is 29.6 Å². The van der Waals surface area contributed by atoms with Crippen molar-refractivity contribution in [2.45, 2.75) is 51.7 Å². The smallest absolute Gasteiger partial charge is 0.129 e. The normalized spacial score (nSPS) is 15.7. The highest BCUT2D eigenvalue weighted by molar-refractivity contribution is 5.54. The summed E-state index contributed by atoms with van der Waals surface area (Å²) >= 11 is 0. The van der Waals surface area contributed by atoms with Crippen LogP contribution in [0.3, 0.4) is 0 Å². The molecule has 0 spiro atoms. The van der Waals surface area contributed by atoms with E-state index in [1.165, 1.54) is 18.9 Å². The molecule has 0 aliphatic carbocycles. The molecule has 0 unspecified atom stereocenters. The minimum Gasteiger partial charge on any atom is -0.389 e. The van der Waals surface area contributed by atoms with E-state index in [4.69, 9.17) is 0 Å². The Morgan fingerprint density at radius 2 is 1.90 bits per heavy atom. The van der Waals surface area contributed by atoms with Gasteiger partial charge in [0.05, 0.1) is 5.60 Å². The minimum atomic E-state index is -0.695. The Bertz CT molecular complexity index is 454. The summed E-state index contributed by atoms with van der Waals surface area (Å²) in [6.45, 7) is 6.91. The van der Waals surface area contributed by atoms with Crippen molar-refractivity contribution in [2.24, 2.45) is 0 Å². The summed E-state index contributed by atoms with van der Waals surface area (Å²) in [7, 11) is 0. The second kappa shape index (κ2) is 7.23. The molecule has 0 amide bonds. The number of benzene rings is 1. The van der Waals surface area contributed by atoms with E-state index in [1.54, 1.807) is 6.07 Å². The van der Waals surface area contributed by atoms with Gasteiger partial charge in [-0.15, -0.1) is 0 Å². The molecule has 0 atom stereocenters. The lowest BCUT2D eigenvalue weighted by molar-refractivity contribution is 0.0322. The number of anilines is 1. The Morgan fingerprint density at radius 3 is 2.52 bits per heavy atom. The van der Waals surface area contributed by atoms with E-state index < -0.39 is 5.60 Å². The van der Waals surface area contributed by atoms with Gasteiger partial charge in [-0.3, -0.25) is 0 Å². The summed E-state index contributed by atoms with van der Waals surface area (Å²) in [5.74, 6) is -0.163. The predicted molar refractivity (Wildman–Crippen MR) is 85.1 cm³/mol. The first-order chi connectivity index (χ1) is 10.1. The molecule has 1 aromatic rings. The van der Waals surface area contributed by atoms with Gasteiger partial charge in [0.25, 0.3) is 0 Å². The Balaban J connectivity index is 2.05. The molecule has 21 heavy (non-hydrogen) atoms. The summed E-state index contributed by atoms with van der Waals surface area (Å²) < 4.78 is 14.2. The fourth-order valence-corrected chi connectivity index (χ4v) is 2.90. The first kappa shape index (κ1) is 16.2. The molecular formula is C17H27FN2O. The van der Waals surface area contributed by atoms with Crippen molar-refractivity contribution in [2.75, 3.05) is 24.5 Å². The van der Waals surface area contributed by atoms with Gasteiger partial charge in [-0.05, 0) is 37.8 Å². The SMILES string of the molecule is CCC(O)(CC)CNCc1c(F)cccc1N1CCCC1. The maximum atomic E-state index is 14.2. The van der Waals surface area contributed by atoms with Gasteiger partial charge < -0.3 is 15.3 Å². The zero-order chi connectivity index (χ0) is 15.3. The molecule has 0 radical (unpaired) electrons. The summed E-state index contributed by atoms with van der Waals surface area (Å²) in [4.78, 5) is 2.26. The summed E-state index contributed by atoms with van der Waals surface area (Å²) in [5.41, 5.74) is 1.02. The number of aliphatic hydroxyl groups is 1. The molecule has 2 rings (SSSR count). The van der Waals surface area contributed by atoms with Crippen LogP contribution >= 0.6 is 0 Å². The average Bonchev–Trinajstić information content (AvgIpc) is 3.02. The Hall–Kier alpha value is -1.13. The lowest BCUT2D eigenvalue weighted by atomic mass is 9.97. The lowest BCUT2D eigenvalue weighted by Gasteiger charge is -2.27. The average molecular weight is 294 g/mol. The van der Waals surface area contributed by atoms with Crippen LogP contribution in [0.4, 0.5) is 10.1 Å². The molecule has 1 fully saturated rings. The maximum absolute atomic E-state index is 14.2. The molecule has 1 aromatic carbocycles. The number of halogens is 1. The topological polar surface area (TPSA) is 35.5 Å². The van der Waals surface area contributed by atoms with Crippen molar-refractivity contribution in [1.82, 2.24) is 5.32 Å². The zero-order valence-electron chi connectivity index (χ0n) is 13.2. The molecule has 4 heteroatoms. The minimum absolute atomic E-state index is 0.163. The zero-order valence-corrected chi connectivity index (χ0v) is 13.2. The molecule has 1 aliphatic rings. The molecule has 1 aliphatic heterocycles. The van der Waals surface area contributed by atoms with E-state index in [0.29, 0.717) is 31.5 Å². The summed E-state index contributed by atoms with van der Waals surface area (Å²) in [6.07, 6.45) is 3.75. The van der Waals surface area contributed by atoms with Crippen LogP contribution in [0, 0.1) is 5.82 Å². The first-order valence-corrected chi connectivity index (χ1v) is 8.05. The van der Waals surface area contributed by atoms with Crippen LogP contribution in [-0.4, -0.2) is 30.3 Å². The standard InChI is InChI=1S/C17H27FN2O/c1-3-17(21,4-2)13-19-12-14-15(18)8-7-9-16(14)20-10-5-6-11-20/h7-9,19,21H,3-6,10-13H2,1-2H3. The van der Waals surface area contributed by atoms with Gasteiger partial charge in [0.15, 0.2) is 0 Å². The largest absolute Gasteiger partial charge is 0.389 e. The molecule has 118 valence electrons. The van der Waals surface area contributed by atoms with Gasteiger partial charge in [-0.1, -0.05) is 19.9 Å². The van der Waals surface area contributed by atoms with Crippen LogP contribution in [-0.2, 0) is 6.54 Å². The van der Waals surface area contributed by atoms with E-state index in [9.17, 15) is 9.50 Å². The maximum Gasteiger partial charge on any atom is 0.129 e. The second-order valence-electron chi connectivity index (χ2n) is 5.97. The van der Waals surface area contributed by atoms with Crippen LogP contribution in [0.5, 0.6) is 0 Å². The molecule has 0 saturated carbocycles. The first-order valence-electron chi connectivity index (χ1n) is 8.05. The van der Waals surface area contributed by atoms with E-state index >= 15 is 0 Å². The number of hydrogen-bond donors (Lipinski definition) is 2. The van der Waals surface area contributed by atoms with Crippen LogP contribution in [0.25, 0.3) is 0 Å². The van der Waals surface area contributed by atoms with E-state index in [2.05, 4.69) is 10.2 Å². The quantitative estimate of drug-likeness (QED) is 0.811. The predicted octanol–water partition coefficient (Wildman–Crippen LogP) is 3.07. The van der Waals surface area contributed by atoms with Crippen molar-refractivity contribution >= 4 is 5.69 Å². The van der Waals surface area contributed by atoms with Crippen LogP contribution in [0.1, 0.15) is 45.1 Å². The van der Waals surface area contributed by atoms with Gasteiger partial charge in [-0.2, -0.15) is 0 Å². The van der Waals surface area contributed by atoms with Crippen LogP contribution < -0.4 is 10.2 Å².